The lowest BCUT2D eigenvalue weighted by molar-refractivity contribution is -0.161. The van der Waals surface area contributed by atoms with Crippen LogP contribution in [0, 0.1) is 0 Å². The number of phosphoric ester groups is 1. The molecule has 0 saturated heterocycles. The van der Waals surface area contributed by atoms with Gasteiger partial charge in [-0.2, -0.15) is 0 Å². The van der Waals surface area contributed by atoms with Gasteiger partial charge in [0, 0.05) is 19.3 Å². The van der Waals surface area contributed by atoms with E-state index in [4.69, 9.17) is 23.3 Å². The summed E-state index contributed by atoms with van der Waals surface area (Å²) in [5, 5.41) is 9.83. The Balaban J connectivity index is 4.75. The zero-order chi connectivity index (χ0) is 55.5. The minimum absolute atomic E-state index is 0.156. The molecule has 12 heteroatoms. The third-order valence-corrected chi connectivity index (χ3v) is 14.1. The van der Waals surface area contributed by atoms with Crippen molar-refractivity contribution in [1.29, 1.82) is 0 Å². The van der Waals surface area contributed by atoms with Crippen LogP contribution < -0.4 is 0 Å². The largest absolute Gasteiger partial charge is 0.472 e. The van der Waals surface area contributed by atoms with Crippen molar-refractivity contribution in [3.63, 3.8) is 0 Å². The molecule has 0 aromatic carbocycles. The van der Waals surface area contributed by atoms with Gasteiger partial charge in [0.15, 0.2) is 6.10 Å². The van der Waals surface area contributed by atoms with E-state index >= 15 is 0 Å². The fourth-order valence-electron chi connectivity index (χ4n) is 8.44. The molecule has 0 aliphatic heterocycles. The van der Waals surface area contributed by atoms with E-state index in [9.17, 15) is 28.9 Å². The maximum atomic E-state index is 12.9. The van der Waals surface area contributed by atoms with E-state index in [0.29, 0.717) is 19.3 Å². The number of allylic oxidation sites excluding steroid dienone is 12. The second-order valence-electron chi connectivity index (χ2n) is 20.5. The molecule has 0 radical (unpaired) electrons. The topological polar surface area (TPSA) is 155 Å². The second kappa shape index (κ2) is 58.1. The van der Waals surface area contributed by atoms with Crippen LogP contribution in [-0.4, -0.2) is 66.5 Å². The Kier molecular flexibility index (Phi) is 55.7. The van der Waals surface area contributed by atoms with Gasteiger partial charge in [-0.1, -0.05) is 241 Å². The number of aliphatic hydroxyl groups excluding tert-OH is 1. The monoisotopic (exact) mass is 1090 g/mol. The first-order valence-electron chi connectivity index (χ1n) is 30.8. The van der Waals surface area contributed by atoms with Gasteiger partial charge in [0.1, 0.15) is 12.7 Å². The van der Waals surface area contributed by atoms with Gasteiger partial charge < -0.3 is 24.2 Å². The highest BCUT2D eigenvalue weighted by Crippen LogP contribution is 2.43. The van der Waals surface area contributed by atoms with Crippen LogP contribution in [0.5, 0.6) is 0 Å². The van der Waals surface area contributed by atoms with Gasteiger partial charge in [-0.05, 0) is 89.9 Å². The zero-order valence-corrected chi connectivity index (χ0v) is 49.6. The molecule has 0 spiro atoms. The van der Waals surface area contributed by atoms with Gasteiger partial charge in [-0.15, -0.1) is 0 Å². The van der Waals surface area contributed by atoms with Crippen molar-refractivity contribution in [2.45, 2.75) is 290 Å². The number of carbonyl (C=O) groups is 3. The maximum absolute atomic E-state index is 12.9. The van der Waals surface area contributed by atoms with E-state index in [1.165, 1.54) is 116 Å². The zero-order valence-electron chi connectivity index (χ0n) is 48.7. The van der Waals surface area contributed by atoms with Crippen molar-refractivity contribution in [3.05, 3.63) is 72.9 Å². The van der Waals surface area contributed by atoms with Gasteiger partial charge in [-0.25, -0.2) is 4.57 Å². The average molecular weight is 1090 g/mol. The molecule has 440 valence electrons. The Bertz CT molecular complexity index is 1550. The normalized spacial score (nSPS) is 13.8. The van der Waals surface area contributed by atoms with Crippen molar-refractivity contribution in [3.8, 4) is 0 Å². The molecule has 0 aliphatic rings. The van der Waals surface area contributed by atoms with Crippen LogP contribution in [0.4, 0.5) is 0 Å². The van der Waals surface area contributed by atoms with Gasteiger partial charge in [-0.3, -0.25) is 23.4 Å². The van der Waals surface area contributed by atoms with Crippen molar-refractivity contribution >= 4 is 25.7 Å². The van der Waals surface area contributed by atoms with E-state index in [0.717, 1.165) is 103 Å². The molecule has 0 aromatic rings. The lowest BCUT2D eigenvalue weighted by Gasteiger charge is -2.21. The number of carbonyl (C=O) groups excluding carboxylic acids is 3. The Morgan fingerprint density at radius 2 is 0.684 bits per heavy atom. The van der Waals surface area contributed by atoms with Crippen LogP contribution in [0.25, 0.3) is 0 Å². The highest BCUT2D eigenvalue weighted by molar-refractivity contribution is 7.47. The first-order valence-corrected chi connectivity index (χ1v) is 32.3. The van der Waals surface area contributed by atoms with Crippen molar-refractivity contribution < 1.29 is 52.2 Å². The summed E-state index contributed by atoms with van der Waals surface area (Å²) in [7, 11) is -4.76. The number of unbranched alkanes of at least 4 members (excludes halogenated alkanes) is 28. The summed E-state index contributed by atoms with van der Waals surface area (Å²) >= 11 is 0. The van der Waals surface area contributed by atoms with Crippen LogP contribution in [-0.2, 0) is 42.2 Å². The predicted molar refractivity (Wildman–Crippen MR) is 316 cm³/mol. The van der Waals surface area contributed by atoms with E-state index in [1.807, 2.05) is 0 Å². The lowest BCUT2D eigenvalue weighted by Crippen LogP contribution is -2.30. The van der Waals surface area contributed by atoms with Crippen LogP contribution >= 0.6 is 7.82 Å². The summed E-state index contributed by atoms with van der Waals surface area (Å²) in [6, 6.07) is 0. The molecule has 3 unspecified atom stereocenters. The van der Waals surface area contributed by atoms with Gasteiger partial charge in [0.25, 0.3) is 0 Å². The Morgan fingerprint density at radius 3 is 1.08 bits per heavy atom. The molecule has 0 heterocycles. The third-order valence-electron chi connectivity index (χ3n) is 13.1. The van der Waals surface area contributed by atoms with Gasteiger partial charge in [0.05, 0.1) is 19.8 Å². The highest BCUT2D eigenvalue weighted by Gasteiger charge is 2.28. The molecular weight excluding hydrogens is 976 g/mol. The molecule has 76 heavy (non-hydrogen) atoms. The van der Waals surface area contributed by atoms with Gasteiger partial charge in [0.2, 0.25) is 0 Å². The summed E-state index contributed by atoms with van der Waals surface area (Å²) in [6.07, 6.45) is 65.6. The maximum Gasteiger partial charge on any atom is 0.472 e. The van der Waals surface area contributed by atoms with Crippen molar-refractivity contribution in [1.82, 2.24) is 0 Å². The second-order valence-corrected chi connectivity index (χ2v) is 21.9. The first kappa shape index (κ1) is 72.9. The van der Waals surface area contributed by atoms with Crippen LogP contribution in [0.3, 0.4) is 0 Å². The van der Waals surface area contributed by atoms with Crippen molar-refractivity contribution in [2.75, 3.05) is 26.4 Å². The molecule has 11 nitrogen and oxygen atoms in total. The lowest BCUT2D eigenvalue weighted by atomic mass is 10.0. The Hall–Kier alpha value is -3.08. The molecule has 0 rings (SSSR count). The van der Waals surface area contributed by atoms with E-state index < -0.39 is 57.8 Å². The van der Waals surface area contributed by atoms with E-state index in [-0.39, 0.29) is 25.9 Å². The predicted octanol–water partition coefficient (Wildman–Crippen LogP) is 18.5. The molecular formula is C64H113O11P. The molecule has 2 N–H and O–H groups in total. The molecule has 0 bridgehead atoms. The summed E-state index contributed by atoms with van der Waals surface area (Å²) in [6.45, 7) is 4.51. The van der Waals surface area contributed by atoms with Crippen LogP contribution in [0.2, 0.25) is 0 Å². The molecule has 0 amide bonds. The standard InChI is InChI=1S/C64H113O11P/c1-4-7-10-13-16-19-22-25-27-29-30-32-34-37-40-43-46-49-52-55-64(68)75-61(57-71-62(66)53-50-47-44-41-38-36-33-31-28-26-23-20-17-14-11-8-5-2)59-73-76(69,70)72-58-60(56-65)74-63(67)54-51-48-45-42-39-35-24-21-18-15-12-9-6-3/h8,11,16-17,19-20,25-28,33,36,60-61,65H,4-7,9-10,12-15,18,21-24,29-32,34-35,37-59H2,1-3H3,(H,69,70)/b11-8-,19-16-,20-17-,27-25-,28-26-,36-33-. The number of phosphoric acid groups is 1. The number of ether oxygens (including phenoxy) is 3. The fraction of sp³-hybridized carbons (Fsp3) is 0.766. The quantitative estimate of drug-likeness (QED) is 0.0197. The molecule has 0 aliphatic carbocycles. The summed E-state index contributed by atoms with van der Waals surface area (Å²) in [5.41, 5.74) is 0. The number of rotatable bonds is 57. The Labute approximate surface area is 465 Å². The summed E-state index contributed by atoms with van der Waals surface area (Å²) in [4.78, 5) is 48.7. The van der Waals surface area contributed by atoms with E-state index in [1.54, 1.807) is 0 Å². The van der Waals surface area contributed by atoms with Gasteiger partial charge >= 0.3 is 25.7 Å². The minimum atomic E-state index is -4.76. The third kappa shape index (κ3) is 55.7. The summed E-state index contributed by atoms with van der Waals surface area (Å²) in [5.74, 6) is -1.49. The highest BCUT2D eigenvalue weighted by atomic mass is 31.2. The Morgan fingerprint density at radius 1 is 0.382 bits per heavy atom. The number of esters is 3. The molecule has 0 aromatic heterocycles. The molecule has 3 atom stereocenters. The number of hydrogen-bond donors (Lipinski definition) is 2. The van der Waals surface area contributed by atoms with Crippen LogP contribution in [0.15, 0.2) is 72.9 Å². The van der Waals surface area contributed by atoms with Crippen LogP contribution in [0.1, 0.15) is 278 Å². The molecule has 0 saturated carbocycles. The SMILES string of the molecule is CC/C=C\C/C=C\C/C=C\C/C=C\CCCCCCC(=O)OCC(COP(=O)(O)OCC(CO)OC(=O)CCCCCCCCCCCCCCC)OC(=O)CCCCCCCCCCC/C=C\C/C=C\CCCCC. The van der Waals surface area contributed by atoms with Crippen molar-refractivity contribution in [2.24, 2.45) is 0 Å². The molecule has 0 fully saturated rings. The smallest absolute Gasteiger partial charge is 0.462 e. The minimum Gasteiger partial charge on any atom is -0.462 e. The van der Waals surface area contributed by atoms with E-state index in [2.05, 4.69) is 93.7 Å². The number of hydrogen-bond acceptors (Lipinski definition) is 10. The average Bonchev–Trinajstić information content (AvgIpc) is 3.41. The fourth-order valence-corrected chi connectivity index (χ4v) is 9.22. The number of aliphatic hydroxyl groups is 1. The first-order chi connectivity index (χ1) is 37.2. The summed E-state index contributed by atoms with van der Waals surface area (Å²) < 4.78 is 39.6.